The fourth-order valence-electron chi connectivity index (χ4n) is 1.64. The molecular weight excluding hydrogens is 242 g/mol. The highest BCUT2D eigenvalue weighted by molar-refractivity contribution is 8.02. The van der Waals surface area contributed by atoms with Crippen LogP contribution < -0.4 is 5.32 Å². The lowest BCUT2D eigenvalue weighted by Gasteiger charge is -2.20. The molecule has 1 rings (SSSR count). The van der Waals surface area contributed by atoms with Crippen molar-refractivity contribution in [3.63, 3.8) is 0 Å². The molecule has 17 heavy (non-hydrogen) atoms. The van der Waals surface area contributed by atoms with Crippen LogP contribution in [0.3, 0.4) is 0 Å². The summed E-state index contributed by atoms with van der Waals surface area (Å²) in [6, 6.07) is -0.726. The number of carbonyl (C=O) groups excluding carboxylic acids is 1. The summed E-state index contributed by atoms with van der Waals surface area (Å²) in [5.74, 6) is -1.31. The number of rotatable bonds is 5. The van der Waals surface area contributed by atoms with Crippen LogP contribution in [0.25, 0.3) is 0 Å². The van der Waals surface area contributed by atoms with Crippen molar-refractivity contribution in [2.45, 2.75) is 49.8 Å². The van der Waals surface area contributed by atoms with Crippen molar-refractivity contribution in [3.8, 4) is 0 Å². The molecule has 6 heteroatoms. The lowest BCUT2D eigenvalue weighted by Crippen LogP contribution is -2.46. The van der Waals surface area contributed by atoms with Crippen LogP contribution in [0.15, 0.2) is 0 Å². The lowest BCUT2D eigenvalue weighted by atomic mass is 10.0. The first kappa shape index (κ1) is 14.3. The maximum absolute atomic E-state index is 11.7. The number of aliphatic carboxylic acids is 1. The van der Waals surface area contributed by atoms with Gasteiger partial charge in [-0.05, 0) is 20.3 Å². The Balaban J connectivity index is 2.53. The van der Waals surface area contributed by atoms with Crippen molar-refractivity contribution in [3.05, 3.63) is 0 Å². The summed E-state index contributed by atoms with van der Waals surface area (Å²) in [5, 5.41) is 11.3. The molecule has 0 aliphatic carbocycles. The molecule has 1 saturated heterocycles. The molecule has 1 aliphatic rings. The molecule has 1 fully saturated rings. The van der Waals surface area contributed by atoms with Crippen LogP contribution in [-0.2, 0) is 14.3 Å². The summed E-state index contributed by atoms with van der Waals surface area (Å²) in [6.07, 6.45) is 1.79. The molecule has 0 aromatic carbocycles. The predicted octanol–water partition coefficient (Wildman–Crippen LogP) is 1.22. The highest BCUT2D eigenvalue weighted by Crippen LogP contribution is 2.38. The highest BCUT2D eigenvalue weighted by atomic mass is 32.2. The zero-order valence-electron chi connectivity index (χ0n) is 10.4. The third-order valence-corrected chi connectivity index (χ3v) is 4.05. The van der Waals surface area contributed by atoms with Crippen LogP contribution in [0, 0.1) is 0 Å². The van der Waals surface area contributed by atoms with E-state index in [2.05, 4.69) is 5.32 Å². The quantitative estimate of drug-likeness (QED) is 0.572. The number of thioether (sulfide) groups is 1. The predicted molar refractivity (Wildman–Crippen MR) is 65.9 cm³/mol. The van der Waals surface area contributed by atoms with Gasteiger partial charge in [-0.3, -0.25) is 10.1 Å². The van der Waals surface area contributed by atoms with Gasteiger partial charge in [-0.15, -0.1) is 11.8 Å². The van der Waals surface area contributed by atoms with E-state index in [-0.39, 0.29) is 5.97 Å². The standard InChI is InChI=1S/C11H19NO4S/c1-4-5-6-16-10(15)8-12-7(9(13)14)11(2,3)17-8/h7-8,12H,4-6H2,1-3H3,(H,13,14). The van der Waals surface area contributed by atoms with Crippen LogP contribution in [-0.4, -0.2) is 39.8 Å². The minimum atomic E-state index is -0.939. The first-order chi connectivity index (χ1) is 7.88. The Hall–Kier alpha value is -0.750. The normalized spacial score (nSPS) is 26.8. The summed E-state index contributed by atoms with van der Waals surface area (Å²) in [7, 11) is 0. The number of carboxylic acid groups (broad SMARTS) is 1. The third-order valence-electron chi connectivity index (χ3n) is 2.64. The minimum Gasteiger partial charge on any atom is -0.480 e. The van der Waals surface area contributed by atoms with Crippen LogP contribution in [0.2, 0.25) is 0 Å². The molecule has 0 radical (unpaired) electrons. The Bertz CT molecular complexity index is 306. The van der Waals surface area contributed by atoms with Gasteiger partial charge in [0.05, 0.1) is 6.61 Å². The largest absolute Gasteiger partial charge is 0.480 e. The van der Waals surface area contributed by atoms with Crippen molar-refractivity contribution >= 4 is 23.7 Å². The molecule has 2 unspecified atom stereocenters. The minimum absolute atomic E-state index is 0.375. The molecule has 0 saturated carbocycles. The first-order valence-electron chi connectivity index (χ1n) is 5.71. The fraction of sp³-hybridized carbons (Fsp3) is 0.818. The number of ether oxygens (including phenoxy) is 1. The number of esters is 1. The summed E-state index contributed by atoms with van der Waals surface area (Å²) >= 11 is 1.30. The summed E-state index contributed by atoms with van der Waals surface area (Å²) in [6.45, 7) is 6.03. The van der Waals surface area contributed by atoms with E-state index in [0.717, 1.165) is 12.8 Å². The van der Waals surface area contributed by atoms with E-state index in [9.17, 15) is 9.59 Å². The number of unbranched alkanes of at least 4 members (excludes halogenated alkanes) is 1. The molecule has 0 amide bonds. The van der Waals surface area contributed by atoms with Crippen molar-refractivity contribution in [1.82, 2.24) is 5.32 Å². The Labute approximate surface area is 105 Å². The number of carbonyl (C=O) groups is 2. The maximum Gasteiger partial charge on any atom is 0.333 e. The van der Waals surface area contributed by atoms with Gasteiger partial charge in [0.2, 0.25) is 0 Å². The molecule has 1 heterocycles. The maximum atomic E-state index is 11.7. The van der Waals surface area contributed by atoms with Crippen LogP contribution in [0.5, 0.6) is 0 Å². The molecule has 1 aliphatic heterocycles. The molecule has 0 spiro atoms. The Kier molecular flexibility index (Phi) is 4.82. The zero-order valence-corrected chi connectivity index (χ0v) is 11.2. The van der Waals surface area contributed by atoms with Gasteiger partial charge < -0.3 is 9.84 Å². The lowest BCUT2D eigenvalue weighted by molar-refractivity contribution is -0.144. The molecular formula is C11H19NO4S. The molecule has 0 aromatic rings. The van der Waals surface area contributed by atoms with Gasteiger partial charge in [-0.25, -0.2) is 4.79 Å². The van der Waals surface area contributed by atoms with Crippen molar-refractivity contribution < 1.29 is 19.4 Å². The number of hydrogen-bond donors (Lipinski definition) is 2. The summed E-state index contributed by atoms with van der Waals surface area (Å²) < 4.78 is 4.56. The highest BCUT2D eigenvalue weighted by Gasteiger charge is 2.48. The van der Waals surface area contributed by atoms with Crippen molar-refractivity contribution in [2.75, 3.05) is 6.61 Å². The SMILES string of the molecule is CCCCOC(=O)C1NC(C(=O)O)C(C)(C)S1. The second kappa shape index (κ2) is 5.73. The van der Waals surface area contributed by atoms with Crippen LogP contribution in [0.1, 0.15) is 33.6 Å². The van der Waals surface area contributed by atoms with E-state index in [1.165, 1.54) is 11.8 Å². The monoisotopic (exact) mass is 261 g/mol. The van der Waals surface area contributed by atoms with Crippen LogP contribution in [0.4, 0.5) is 0 Å². The Morgan fingerprint density at radius 2 is 2.12 bits per heavy atom. The van der Waals surface area contributed by atoms with Gasteiger partial charge in [0, 0.05) is 4.75 Å². The second-order valence-corrected chi connectivity index (χ2v) is 6.32. The van der Waals surface area contributed by atoms with Gasteiger partial charge in [0.15, 0.2) is 5.37 Å². The van der Waals surface area contributed by atoms with Crippen molar-refractivity contribution in [2.24, 2.45) is 0 Å². The average molecular weight is 261 g/mol. The first-order valence-corrected chi connectivity index (χ1v) is 6.59. The smallest absolute Gasteiger partial charge is 0.333 e. The number of carboxylic acids is 1. The van der Waals surface area contributed by atoms with E-state index < -0.39 is 22.1 Å². The number of nitrogens with one attached hydrogen (secondary N) is 1. The molecule has 5 nitrogen and oxygen atoms in total. The molecule has 0 bridgehead atoms. The Morgan fingerprint density at radius 1 is 1.47 bits per heavy atom. The summed E-state index contributed by atoms with van der Waals surface area (Å²) in [4.78, 5) is 22.7. The zero-order chi connectivity index (χ0) is 13.1. The third kappa shape index (κ3) is 3.61. The molecule has 2 atom stereocenters. The summed E-state index contributed by atoms with van der Waals surface area (Å²) in [5.41, 5.74) is 0. The molecule has 98 valence electrons. The molecule has 2 N–H and O–H groups in total. The molecule has 0 aromatic heterocycles. The van der Waals surface area contributed by atoms with E-state index in [1.807, 2.05) is 20.8 Å². The van der Waals surface area contributed by atoms with E-state index in [1.54, 1.807) is 0 Å². The van der Waals surface area contributed by atoms with E-state index in [4.69, 9.17) is 9.84 Å². The van der Waals surface area contributed by atoms with Gasteiger partial charge in [0.1, 0.15) is 6.04 Å². The van der Waals surface area contributed by atoms with E-state index in [0.29, 0.717) is 6.61 Å². The second-order valence-electron chi connectivity index (χ2n) is 4.56. The van der Waals surface area contributed by atoms with Gasteiger partial charge in [-0.2, -0.15) is 0 Å². The number of hydrogen-bond acceptors (Lipinski definition) is 5. The van der Waals surface area contributed by atoms with Gasteiger partial charge in [0.25, 0.3) is 0 Å². The van der Waals surface area contributed by atoms with E-state index >= 15 is 0 Å². The van der Waals surface area contributed by atoms with Gasteiger partial charge >= 0.3 is 11.9 Å². The van der Waals surface area contributed by atoms with Crippen molar-refractivity contribution in [1.29, 1.82) is 0 Å². The van der Waals surface area contributed by atoms with Gasteiger partial charge in [-0.1, -0.05) is 13.3 Å². The average Bonchev–Trinajstić information content (AvgIpc) is 2.54. The van der Waals surface area contributed by atoms with Crippen LogP contribution >= 0.6 is 11.8 Å². The Morgan fingerprint density at radius 3 is 2.59 bits per heavy atom. The topological polar surface area (TPSA) is 75.6 Å². The fourth-order valence-corrected chi connectivity index (χ4v) is 2.92.